The summed E-state index contributed by atoms with van der Waals surface area (Å²) in [4.78, 5) is 39.1. The maximum absolute atomic E-state index is 12.6. The first-order valence-corrected chi connectivity index (χ1v) is 8.72. The highest BCUT2D eigenvalue weighted by Gasteiger charge is 2.65. The maximum Gasteiger partial charge on any atom is 0.424 e. The molecule has 0 aromatic rings. The van der Waals surface area contributed by atoms with E-state index < -0.39 is 30.0 Å². The van der Waals surface area contributed by atoms with E-state index in [0.717, 1.165) is 11.3 Å². The van der Waals surface area contributed by atoms with Gasteiger partial charge in [-0.05, 0) is 6.42 Å². The molecular weight excluding hydrogens is 433 g/mol. The van der Waals surface area contributed by atoms with Crippen LogP contribution in [0.5, 0.6) is 0 Å². The van der Waals surface area contributed by atoms with Gasteiger partial charge in [0.05, 0.1) is 11.0 Å². The van der Waals surface area contributed by atoms with Gasteiger partial charge < -0.3 is 14.9 Å². The van der Waals surface area contributed by atoms with Crippen LogP contribution < -0.4 is 0 Å². The lowest BCUT2D eigenvalue weighted by molar-refractivity contribution is -0.183. The number of carbonyl (C=O) groups is 3. The van der Waals surface area contributed by atoms with E-state index in [1.807, 2.05) is 29.5 Å². The van der Waals surface area contributed by atoms with Crippen molar-refractivity contribution in [3.05, 3.63) is 0 Å². The second-order valence-corrected chi connectivity index (χ2v) is 5.79. The topological polar surface area (TPSA) is 111 Å². The van der Waals surface area contributed by atoms with Crippen molar-refractivity contribution in [3.8, 4) is 12.0 Å². The molecule has 1 unspecified atom stereocenters. The van der Waals surface area contributed by atoms with Crippen molar-refractivity contribution < 1.29 is 29.3 Å². The zero-order valence-electron chi connectivity index (χ0n) is 13.7. The van der Waals surface area contributed by atoms with Crippen LogP contribution in [0.15, 0.2) is 0 Å². The van der Waals surface area contributed by atoms with E-state index in [2.05, 4.69) is 12.0 Å². The summed E-state index contributed by atoms with van der Waals surface area (Å²) in [6.07, 6.45) is -2.03. The number of aliphatic hydroxyl groups is 2. The molecule has 0 saturated carbocycles. The van der Waals surface area contributed by atoms with Gasteiger partial charge in [0.1, 0.15) is 0 Å². The second-order valence-electron chi connectivity index (χ2n) is 5.03. The lowest BCUT2D eigenvalue weighted by atomic mass is 10.1. The molecule has 2 N–H and O–H groups in total. The summed E-state index contributed by atoms with van der Waals surface area (Å²) in [5.74, 6) is 1.59. The normalized spacial score (nSPS) is 20.3. The third kappa shape index (κ3) is 3.42. The first-order chi connectivity index (χ1) is 11.3. The van der Waals surface area contributed by atoms with Gasteiger partial charge in [-0.15, -0.1) is 0 Å². The van der Waals surface area contributed by atoms with Crippen molar-refractivity contribution in [1.82, 2.24) is 14.7 Å². The molecule has 24 heavy (non-hydrogen) atoms. The summed E-state index contributed by atoms with van der Waals surface area (Å²) in [7, 11) is 2.36. The van der Waals surface area contributed by atoms with E-state index in [0.29, 0.717) is 20.6 Å². The molecule has 134 valence electrons. The minimum Gasteiger partial charge on any atom is -0.449 e. The highest BCUT2D eigenvalue weighted by molar-refractivity contribution is 14.1. The van der Waals surface area contributed by atoms with Gasteiger partial charge in [-0.1, -0.05) is 41.9 Å². The summed E-state index contributed by atoms with van der Waals surface area (Å²) in [6.45, 7) is 1.99. The van der Waals surface area contributed by atoms with Crippen LogP contribution in [-0.2, 0) is 9.53 Å². The molecule has 1 rings (SSSR count). The fraction of sp³-hybridized carbons (Fsp3) is 0.643. The van der Waals surface area contributed by atoms with Gasteiger partial charge in [0.2, 0.25) is 6.29 Å². The lowest BCUT2D eigenvalue weighted by Gasteiger charge is -2.39. The zero-order valence-corrected chi connectivity index (χ0v) is 15.8. The van der Waals surface area contributed by atoms with Crippen LogP contribution >= 0.6 is 22.6 Å². The van der Waals surface area contributed by atoms with E-state index in [9.17, 15) is 24.6 Å². The standard InChI is InChI=1S/C14H20IN3O6/c1-4-5-9-24-13(23)18(8-6-7-15)14(11(20)21)10(19)16(2)12(22)17(14)3/h11,20-21H,4-5,7,9H2,1-3H3. The van der Waals surface area contributed by atoms with Gasteiger partial charge >= 0.3 is 12.1 Å². The molecule has 1 heterocycles. The highest BCUT2D eigenvalue weighted by atomic mass is 127. The van der Waals surface area contributed by atoms with E-state index in [1.165, 1.54) is 14.1 Å². The van der Waals surface area contributed by atoms with Crippen LogP contribution in [0.2, 0.25) is 0 Å². The molecule has 1 aliphatic rings. The summed E-state index contributed by atoms with van der Waals surface area (Å²) in [6, 6.07) is 1.61. The van der Waals surface area contributed by atoms with Gasteiger partial charge in [0.15, 0.2) is 0 Å². The molecular formula is C14H20IN3O6. The van der Waals surface area contributed by atoms with Crippen molar-refractivity contribution in [3.63, 3.8) is 0 Å². The number of halogens is 1. The van der Waals surface area contributed by atoms with Crippen LogP contribution in [0, 0.1) is 12.0 Å². The molecule has 1 atom stereocenters. The quantitative estimate of drug-likeness (QED) is 0.117. The van der Waals surface area contributed by atoms with Gasteiger partial charge in [-0.2, -0.15) is 4.90 Å². The number of aliphatic hydroxyl groups excluding tert-OH is 1. The number of ether oxygens (including phenoxy) is 1. The Bertz CT molecular complexity index is 573. The third-order valence-corrected chi connectivity index (χ3v) is 3.95. The summed E-state index contributed by atoms with van der Waals surface area (Å²) in [5.41, 5.74) is -2.39. The van der Waals surface area contributed by atoms with Gasteiger partial charge in [-0.25, -0.2) is 9.59 Å². The minimum atomic E-state index is -2.39. The fourth-order valence-corrected chi connectivity index (χ4v) is 2.41. The Morgan fingerprint density at radius 1 is 1.42 bits per heavy atom. The minimum absolute atomic E-state index is 0.0804. The number of unbranched alkanes of at least 4 members (excludes halogenated alkanes) is 1. The number of carbonyl (C=O) groups excluding carboxylic acids is 3. The predicted molar refractivity (Wildman–Crippen MR) is 91.6 cm³/mol. The van der Waals surface area contributed by atoms with E-state index in [1.54, 1.807) is 0 Å². The number of hydrogen-bond acceptors (Lipinski definition) is 6. The number of rotatable bonds is 5. The van der Waals surface area contributed by atoms with Crippen molar-refractivity contribution in [2.45, 2.75) is 31.7 Å². The van der Waals surface area contributed by atoms with E-state index >= 15 is 0 Å². The number of likely N-dealkylation sites (N-methyl/N-ethyl adjacent to an activating group) is 2. The smallest absolute Gasteiger partial charge is 0.424 e. The molecule has 1 saturated heterocycles. The average Bonchev–Trinajstić information content (AvgIpc) is 2.71. The second kappa shape index (κ2) is 8.50. The van der Waals surface area contributed by atoms with Gasteiger partial charge in [0, 0.05) is 20.1 Å². The Labute approximate surface area is 153 Å². The van der Waals surface area contributed by atoms with Gasteiger partial charge in [-0.3, -0.25) is 14.6 Å². The Morgan fingerprint density at radius 2 is 2.04 bits per heavy atom. The van der Waals surface area contributed by atoms with E-state index in [4.69, 9.17) is 4.74 Å². The Morgan fingerprint density at radius 3 is 2.46 bits per heavy atom. The first kappa shape index (κ1) is 20.5. The molecule has 0 aromatic heterocycles. The van der Waals surface area contributed by atoms with Crippen LogP contribution in [0.3, 0.4) is 0 Å². The molecule has 4 amide bonds. The third-order valence-electron chi connectivity index (χ3n) is 3.57. The van der Waals surface area contributed by atoms with Crippen molar-refractivity contribution >= 4 is 40.6 Å². The molecule has 10 heteroatoms. The van der Waals surface area contributed by atoms with Gasteiger partial charge in [0.25, 0.3) is 11.6 Å². The molecule has 9 nitrogen and oxygen atoms in total. The maximum atomic E-state index is 12.6. The van der Waals surface area contributed by atoms with Crippen molar-refractivity contribution in [1.29, 1.82) is 0 Å². The number of urea groups is 1. The Balaban J connectivity index is 3.36. The van der Waals surface area contributed by atoms with Crippen LogP contribution in [0.1, 0.15) is 19.8 Å². The lowest BCUT2D eigenvalue weighted by Crippen LogP contribution is -2.68. The summed E-state index contributed by atoms with van der Waals surface area (Å²) in [5, 5.41) is 19.7. The first-order valence-electron chi connectivity index (χ1n) is 7.20. The Kier molecular flexibility index (Phi) is 7.25. The van der Waals surface area contributed by atoms with Crippen molar-refractivity contribution in [2.75, 3.05) is 25.1 Å². The highest BCUT2D eigenvalue weighted by Crippen LogP contribution is 2.32. The van der Waals surface area contributed by atoms with Crippen LogP contribution in [0.4, 0.5) is 9.59 Å². The number of nitrogens with zero attached hydrogens (tertiary/aromatic N) is 3. The molecule has 1 fully saturated rings. The number of hydrogen-bond donors (Lipinski definition) is 2. The molecule has 0 aliphatic carbocycles. The fourth-order valence-electron chi connectivity index (χ4n) is 2.24. The largest absolute Gasteiger partial charge is 0.449 e. The summed E-state index contributed by atoms with van der Waals surface area (Å²) < 4.78 is 5.36. The number of imide groups is 1. The molecule has 0 radical (unpaired) electrons. The predicted octanol–water partition coefficient (Wildman–Crippen LogP) is 0.152. The monoisotopic (exact) mass is 453 g/mol. The zero-order chi connectivity index (χ0) is 18.5. The molecule has 0 bridgehead atoms. The van der Waals surface area contributed by atoms with E-state index in [-0.39, 0.29) is 6.61 Å². The molecule has 0 aromatic carbocycles. The SMILES string of the molecule is CCCCOC(=O)N(C#CCI)C1(C(O)O)C(=O)N(C)C(=O)N1C. The molecule has 0 spiro atoms. The molecule has 1 aliphatic heterocycles. The Hall–Kier alpha value is -1.58. The number of alkyl halides is 1. The summed E-state index contributed by atoms with van der Waals surface area (Å²) >= 11 is 1.93. The van der Waals surface area contributed by atoms with Crippen LogP contribution in [-0.4, -0.2) is 80.0 Å². The average molecular weight is 453 g/mol. The van der Waals surface area contributed by atoms with Crippen LogP contribution in [0.25, 0.3) is 0 Å². The van der Waals surface area contributed by atoms with Crippen molar-refractivity contribution in [2.24, 2.45) is 0 Å². The number of amides is 4.